The first-order chi connectivity index (χ1) is 4.89. The zero-order valence-electron chi connectivity index (χ0n) is 6.08. The highest BCUT2D eigenvalue weighted by Crippen LogP contribution is 2.03. The van der Waals surface area contributed by atoms with E-state index in [1.54, 1.807) is 11.8 Å². The lowest BCUT2D eigenvalue weighted by Gasteiger charge is -1.87. The summed E-state index contributed by atoms with van der Waals surface area (Å²) in [5.74, 6) is 1.04. The fourth-order valence-corrected chi connectivity index (χ4v) is 1.32. The zero-order chi connectivity index (χ0) is 7.23. The van der Waals surface area contributed by atoms with Crippen LogP contribution in [-0.4, -0.2) is 17.8 Å². The van der Waals surface area contributed by atoms with E-state index in [9.17, 15) is 0 Å². The predicted molar refractivity (Wildman–Crippen MR) is 48.7 cm³/mol. The molecule has 1 aliphatic heterocycles. The average Bonchev–Trinajstić information content (AvgIpc) is 2.02. The Balaban J connectivity index is 2.56. The molecule has 0 spiro atoms. The number of hydrogen-bond donors (Lipinski definition) is 0. The Morgan fingerprint density at radius 3 is 3.40 bits per heavy atom. The second-order valence-electron chi connectivity index (χ2n) is 2.15. The van der Waals surface area contributed by atoms with Gasteiger partial charge in [-0.15, -0.1) is 11.8 Å². The van der Waals surface area contributed by atoms with Crippen molar-refractivity contribution in [1.29, 1.82) is 0 Å². The van der Waals surface area contributed by atoms with Crippen molar-refractivity contribution in [2.75, 3.05) is 12.3 Å². The maximum Gasteiger partial charge on any atom is 0.0579 e. The largest absolute Gasteiger partial charge is 0.282 e. The lowest BCUT2D eigenvalue weighted by molar-refractivity contribution is 1.26. The Morgan fingerprint density at radius 1 is 1.60 bits per heavy atom. The highest BCUT2D eigenvalue weighted by atomic mass is 32.2. The molecule has 2 heteroatoms. The van der Waals surface area contributed by atoms with Crippen LogP contribution in [0, 0.1) is 0 Å². The van der Waals surface area contributed by atoms with Crippen LogP contribution in [0.4, 0.5) is 0 Å². The normalized spacial score (nSPS) is 19.1. The summed E-state index contributed by atoms with van der Waals surface area (Å²) in [5.41, 5.74) is 3.25. The molecule has 1 rings (SSSR count). The molecule has 0 aromatic rings. The summed E-state index contributed by atoms with van der Waals surface area (Å²) >= 11 is 1.74. The van der Waals surface area contributed by atoms with Gasteiger partial charge >= 0.3 is 0 Å². The minimum Gasteiger partial charge on any atom is -0.282 e. The molecule has 0 aromatic heterocycles. The van der Waals surface area contributed by atoms with Crippen LogP contribution in [0.2, 0.25) is 0 Å². The van der Waals surface area contributed by atoms with Gasteiger partial charge in [0.25, 0.3) is 0 Å². The first-order valence-electron chi connectivity index (χ1n) is 3.33. The molecule has 0 fully saturated rings. The third kappa shape index (κ3) is 2.87. The van der Waals surface area contributed by atoms with Crippen LogP contribution in [0.15, 0.2) is 28.8 Å². The Bertz CT molecular complexity index is 180. The van der Waals surface area contributed by atoms with E-state index in [0.29, 0.717) is 0 Å². The summed E-state index contributed by atoms with van der Waals surface area (Å²) in [6.45, 7) is 2.93. The van der Waals surface area contributed by atoms with Gasteiger partial charge in [0.1, 0.15) is 0 Å². The van der Waals surface area contributed by atoms with Crippen molar-refractivity contribution in [1.82, 2.24) is 0 Å². The molecule has 0 saturated carbocycles. The van der Waals surface area contributed by atoms with Gasteiger partial charge in [-0.2, -0.15) is 0 Å². The van der Waals surface area contributed by atoms with E-state index in [1.807, 2.05) is 5.55 Å². The summed E-state index contributed by atoms with van der Waals surface area (Å²) in [6.07, 6.45) is 6.40. The first-order valence-corrected chi connectivity index (χ1v) is 4.37. The molecule has 1 heterocycles. The SMILES string of the molecule is CC1=CCSC=NCC=C1. The predicted octanol–water partition coefficient (Wildman–Crippen LogP) is 2.26. The van der Waals surface area contributed by atoms with Gasteiger partial charge in [-0.1, -0.05) is 23.8 Å². The maximum absolute atomic E-state index is 4.14. The van der Waals surface area contributed by atoms with Crippen molar-refractivity contribution < 1.29 is 0 Å². The molecular weight excluding hydrogens is 142 g/mol. The Morgan fingerprint density at radius 2 is 2.50 bits per heavy atom. The minimum absolute atomic E-state index is 0.818. The molecule has 0 aliphatic carbocycles. The summed E-state index contributed by atoms with van der Waals surface area (Å²) in [4.78, 5) is 4.14. The number of allylic oxidation sites excluding steroid dienone is 2. The Labute approximate surface area is 65.9 Å². The maximum atomic E-state index is 4.14. The molecule has 0 bridgehead atoms. The second-order valence-corrected chi connectivity index (χ2v) is 3.03. The van der Waals surface area contributed by atoms with Gasteiger partial charge in [0.15, 0.2) is 0 Å². The van der Waals surface area contributed by atoms with E-state index in [2.05, 4.69) is 30.1 Å². The van der Waals surface area contributed by atoms with Crippen LogP contribution in [0.1, 0.15) is 6.92 Å². The first kappa shape index (κ1) is 7.61. The quantitative estimate of drug-likeness (QED) is 0.520. The van der Waals surface area contributed by atoms with Gasteiger partial charge in [0, 0.05) is 5.75 Å². The molecule has 10 heavy (non-hydrogen) atoms. The Hall–Kier alpha value is -0.500. The highest BCUT2D eigenvalue weighted by Gasteiger charge is 1.84. The van der Waals surface area contributed by atoms with E-state index in [4.69, 9.17) is 0 Å². The zero-order valence-corrected chi connectivity index (χ0v) is 6.90. The van der Waals surface area contributed by atoms with Crippen molar-refractivity contribution in [2.24, 2.45) is 4.99 Å². The van der Waals surface area contributed by atoms with Crippen LogP contribution in [-0.2, 0) is 0 Å². The third-order valence-electron chi connectivity index (χ3n) is 1.24. The summed E-state index contributed by atoms with van der Waals surface area (Å²) in [7, 11) is 0. The average molecular weight is 153 g/mol. The third-order valence-corrected chi connectivity index (χ3v) is 1.90. The van der Waals surface area contributed by atoms with E-state index < -0.39 is 0 Å². The van der Waals surface area contributed by atoms with E-state index in [0.717, 1.165) is 12.3 Å². The Kier molecular flexibility index (Phi) is 3.30. The van der Waals surface area contributed by atoms with Crippen molar-refractivity contribution in [3.8, 4) is 0 Å². The van der Waals surface area contributed by atoms with E-state index >= 15 is 0 Å². The number of nitrogens with zero attached hydrogens (tertiary/aromatic N) is 1. The second kappa shape index (κ2) is 4.34. The molecule has 0 unspecified atom stereocenters. The molecule has 1 nitrogen and oxygen atoms in total. The van der Waals surface area contributed by atoms with Gasteiger partial charge < -0.3 is 0 Å². The van der Waals surface area contributed by atoms with Gasteiger partial charge in [0.05, 0.1) is 12.1 Å². The van der Waals surface area contributed by atoms with Crippen molar-refractivity contribution >= 4 is 17.3 Å². The fraction of sp³-hybridized carbons (Fsp3) is 0.375. The molecule has 54 valence electrons. The highest BCUT2D eigenvalue weighted by molar-refractivity contribution is 8.12. The molecule has 0 N–H and O–H groups in total. The van der Waals surface area contributed by atoms with Crippen LogP contribution in [0.25, 0.3) is 0 Å². The van der Waals surface area contributed by atoms with Gasteiger partial charge in [-0.3, -0.25) is 4.99 Å². The van der Waals surface area contributed by atoms with Crippen LogP contribution in [0.5, 0.6) is 0 Å². The van der Waals surface area contributed by atoms with Crippen LogP contribution < -0.4 is 0 Å². The molecule has 0 amide bonds. The summed E-state index contributed by atoms with van der Waals surface area (Å²) in [5, 5.41) is 0. The molecule has 0 saturated heterocycles. The smallest absolute Gasteiger partial charge is 0.0579 e. The lowest BCUT2D eigenvalue weighted by Crippen LogP contribution is -1.72. The van der Waals surface area contributed by atoms with Crippen molar-refractivity contribution in [2.45, 2.75) is 6.92 Å². The molecule has 0 atom stereocenters. The topological polar surface area (TPSA) is 12.4 Å². The van der Waals surface area contributed by atoms with Crippen molar-refractivity contribution in [3.63, 3.8) is 0 Å². The number of aliphatic imine (C=N–C) groups is 1. The van der Waals surface area contributed by atoms with E-state index in [1.165, 1.54) is 5.57 Å². The number of hydrogen-bond acceptors (Lipinski definition) is 2. The molecule has 1 aliphatic rings. The molecule has 0 aromatic carbocycles. The lowest BCUT2D eigenvalue weighted by atomic mass is 10.3. The monoisotopic (exact) mass is 153 g/mol. The molecule has 0 radical (unpaired) electrons. The fourth-order valence-electron chi connectivity index (χ4n) is 0.686. The minimum atomic E-state index is 0.818. The number of thioether (sulfide) groups is 1. The van der Waals surface area contributed by atoms with Gasteiger partial charge in [-0.05, 0) is 6.92 Å². The molecular formula is C8H11NS. The van der Waals surface area contributed by atoms with Crippen molar-refractivity contribution in [3.05, 3.63) is 23.8 Å². The summed E-state index contributed by atoms with van der Waals surface area (Å²) in [6, 6.07) is 0. The number of rotatable bonds is 0. The van der Waals surface area contributed by atoms with Crippen LogP contribution in [0.3, 0.4) is 0 Å². The van der Waals surface area contributed by atoms with Gasteiger partial charge in [-0.25, -0.2) is 0 Å². The van der Waals surface area contributed by atoms with Gasteiger partial charge in [0.2, 0.25) is 0 Å². The van der Waals surface area contributed by atoms with Crippen LogP contribution >= 0.6 is 11.8 Å². The standard InChI is InChI=1S/C8H11NS/c1-8-3-2-5-9-7-10-6-4-8/h2-4,7H,5-6H2,1H3. The van der Waals surface area contributed by atoms with E-state index in [-0.39, 0.29) is 0 Å². The summed E-state index contributed by atoms with van der Waals surface area (Å²) < 4.78 is 0.